The van der Waals surface area contributed by atoms with Gasteiger partial charge in [0, 0.05) is 13.1 Å². The van der Waals surface area contributed by atoms with Crippen molar-refractivity contribution in [2.45, 2.75) is 11.8 Å². The van der Waals surface area contributed by atoms with Crippen LogP contribution in [0.2, 0.25) is 0 Å². The third kappa shape index (κ3) is 2.72. The zero-order chi connectivity index (χ0) is 16.8. The summed E-state index contributed by atoms with van der Waals surface area (Å²) in [4.78, 5) is 11.4. The molecule has 0 radical (unpaired) electrons. The lowest BCUT2D eigenvalue weighted by Crippen LogP contribution is -2.14. The minimum atomic E-state index is -3.94. The van der Waals surface area contributed by atoms with E-state index in [4.69, 9.17) is 4.42 Å². The summed E-state index contributed by atoms with van der Waals surface area (Å²) in [5, 5.41) is 0. The van der Waals surface area contributed by atoms with Crippen LogP contribution < -0.4 is 10.5 Å². The summed E-state index contributed by atoms with van der Waals surface area (Å²) in [7, 11) is -2.41. The molecule has 3 aromatic rings. The second kappa shape index (κ2) is 5.24. The normalized spacial score (nSPS) is 11.8. The zero-order valence-corrected chi connectivity index (χ0v) is 13.1. The Bertz CT molecular complexity index is 1070. The molecule has 0 saturated heterocycles. The van der Waals surface area contributed by atoms with Gasteiger partial charge in [0.2, 0.25) is 0 Å². The second-order valence-corrected chi connectivity index (χ2v) is 6.80. The number of hydrogen-bond acceptors (Lipinski definition) is 4. The van der Waals surface area contributed by atoms with Gasteiger partial charge in [-0.1, -0.05) is 6.07 Å². The number of halogens is 1. The first-order chi connectivity index (χ1) is 10.8. The molecular formula is C15H13FN2O4S. The molecule has 0 unspecified atom stereocenters. The Balaban J connectivity index is 2.05. The van der Waals surface area contributed by atoms with E-state index in [2.05, 4.69) is 4.72 Å². The molecule has 0 saturated carbocycles. The number of aryl methyl sites for hydroxylation is 2. The third-order valence-electron chi connectivity index (χ3n) is 3.52. The number of fused-ring (bicyclic) bond motifs is 1. The van der Waals surface area contributed by atoms with Crippen molar-refractivity contribution < 1.29 is 17.2 Å². The Morgan fingerprint density at radius 3 is 2.65 bits per heavy atom. The number of sulfonamides is 1. The quantitative estimate of drug-likeness (QED) is 0.796. The Morgan fingerprint density at radius 2 is 1.91 bits per heavy atom. The molecule has 2 aromatic carbocycles. The van der Waals surface area contributed by atoms with E-state index in [-0.39, 0.29) is 16.2 Å². The minimum absolute atomic E-state index is 0.0805. The molecule has 0 atom stereocenters. The summed E-state index contributed by atoms with van der Waals surface area (Å²) in [6.45, 7) is 1.66. The number of rotatable bonds is 3. The zero-order valence-electron chi connectivity index (χ0n) is 12.3. The van der Waals surface area contributed by atoms with Crippen LogP contribution in [0.1, 0.15) is 5.56 Å². The highest BCUT2D eigenvalue weighted by Crippen LogP contribution is 2.23. The van der Waals surface area contributed by atoms with Gasteiger partial charge in [-0.3, -0.25) is 9.29 Å². The molecule has 0 amide bonds. The number of hydrogen-bond donors (Lipinski definition) is 1. The van der Waals surface area contributed by atoms with Crippen LogP contribution in [-0.4, -0.2) is 13.0 Å². The van der Waals surface area contributed by atoms with Crippen LogP contribution in [0.3, 0.4) is 0 Å². The van der Waals surface area contributed by atoms with Crippen LogP contribution in [-0.2, 0) is 17.1 Å². The molecule has 0 fully saturated rings. The average molecular weight is 336 g/mol. The summed E-state index contributed by atoms with van der Waals surface area (Å²) in [5.41, 5.74) is 1.38. The molecule has 8 heteroatoms. The van der Waals surface area contributed by atoms with Crippen molar-refractivity contribution in [2.24, 2.45) is 7.05 Å². The Hall–Kier alpha value is -2.61. The highest BCUT2D eigenvalue weighted by Gasteiger charge is 2.18. The van der Waals surface area contributed by atoms with Gasteiger partial charge in [0.1, 0.15) is 5.82 Å². The predicted molar refractivity (Wildman–Crippen MR) is 83.4 cm³/mol. The van der Waals surface area contributed by atoms with Crippen LogP contribution in [0.15, 0.2) is 50.5 Å². The molecule has 3 rings (SSSR count). The number of nitrogens with zero attached hydrogens (tertiary/aromatic N) is 1. The maximum atomic E-state index is 13.3. The van der Waals surface area contributed by atoms with Gasteiger partial charge in [-0.25, -0.2) is 17.6 Å². The second-order valence-electron chi connectivity index (χ2n) is 5.12. The van der Waals surface area contributed by atoms with Gasteiger partial charge in [0.15, 0.2) is 5.58 Å². The number of anilines is 1. The van der Waals surface area contributed by atoms with Crippen molar-refractivity contribution >= 4 is 26.8 Å². The summed E-state index contributed by atoms with van der Waals surface area (Å²) < 4.78 is 46.8. The molecule has 1 heterocycles. The van der Waals surface area contributed by atoms with Crippen molar-refractivity contribution in [3.8, 4) is 0 Å². The van der Waals surface area contributed by atoms with E-state index in [1.165, 1.54) is 41.9 Å². The van der Waals surface area contributed by atoms with Crippen LogP contribution in [0.4, 0.5) is 10.1 Å². The Kier molecular flexibility index (Phi) is 3.48. The lowest BCUT2D eigenvalue weighted by atomic mass is 10.2. The number of oxazole rings is 1. The first-order valence-corrected chi connectivity index (χ1v) is 8.15. The summed E-state index contributed by atoms with van der Waals surface area (Å²) in [6, 6.07) is 7.92. The fourth-order valence-electron chi connectivity index (χ4n) is 2.19. The van der Waals surface area contributed by atoms with E-state index >= 15 is 0 Å². The fourth-order valence-corrected chi connectivity index (χ4v) is 3.33. The van der Waals surface area contributed by atoms with Crippen LogP contribution >= 0.6 is 0 Å². The summed E-state index contributed by atoms with van der Waals surface area (Å²) in [6.07, 6.45) is 0. The van der Waals surface area contributed by atoms with Crippen molar-refractivity contribution in [3.05, 3.63) is 58.3 Å². The fraction of sp³-hybridized carbons (Fsp3) is 0.133. The third-order valence-corrected chi connectivity index (χ3v) is 4.88. The van der Waals surface area contributed by atoms with Gasteiger partial charge in [0.05, 0.1) is 16.1 Å². The lowest BCUT2D eigenvalue weighted by Gasteiger charge is -2.10. The first-order valence-electron chi connectivity index (χ1n) is 6.66. The van der Waals surface area contributed by atoms with Crippen molar-refractivity contribution in [1.82, 2.24) is 4.57 Å². The summed E-state index contributed by atoms with van der Waals surface area (Å²) in [5.74, 6) is -1.12. The molecular weight excluding hydrogens is 323 g/mol. The number of benzene rings is 2. The van der Waals surface area contributed by atoms with Gasteiger partial charge in [-0.15, -0.1) is 0 Å². The van der Waals surface area contributed by atoms with E-state index in [0.29, 0.717) is 11.1 Å². The molecule has 0 spiro atoms. The molecule has 23 heavy (non-hydrogen) atoms. The highest BCUT2D eigenvalue weighted by atomic mass is 32.2. The van der Waals surface area contributed by atoms with Gasteiger partial charge in [-0.2, -0.15) is 0 Å². The monoisotopic (exact) mass is 336 g/mol. The lowest BCUT2D eigenvalue weighted by molar-refractivity contribution is 0.527. The highest BCUT2D eigenvalue weighted by molar-refractivity contribution is 7.92. The van der Waals surface area contributed by atoms with Crippen molar-refractivity contribution in [2.75, 3.05) is 4.72 Å². The standard InChI is InChI=1S/C15H13FN2O4S/c1-9-3-4-10(16)7-12(9)17-23(20,21)11-5-6-13-14(8-11)22-15(19)18(13)2/h3-8,17H,1-2H3. The largest absolute Gasteiger partial charge is 0.419 e. The van der Waals surface area contributed by atoms with Gasteiger partial charge in [-0.05, 0) is 36.8 Å². The topological polar surface area (TPSA) is 81.3 Å². The maximum absolute atomic E-state index is 13.3. The smallest absolute Gasteiger partial charge is 0.408 e. The van der Waals surface area contributed by atoms with Crippen LogP contribution in [0.25, 0.3) is 11.1 Å². The average Bonchev–Trinajstić information content (AvgIpc) is 2.77. The molecule has 0 aliphatic carbocycles. The molecule has 120 valence electrons. The molecule has 6 nitrogen and oxygen atoms in total. The van der Waals surface area contributed by atoms with E-state index in [1.54, 1.807) is 6.92 Å². The van der Waals surface area contributed by atoms with E-state index in [9.17, 15) is 17.6 Å². The van der Waals surface area contributed by atoms with E-state index in [0.717, 1.165) is 6.07 Å². The Morgan fingerprint density at radius 1 is 1.17 bits per heavy atom. The molecule has 1 N–H and O–H groups in total. The minimum Gasteiger partial charge on any atom is -0.408 e. The number of aromatic nitrogens is 1. The van der Waals surface area contributed by atoms with Gasteiger partial charge in [0.25, 0.3) is 10.0 Å². The molecule has 0 bridgehead atoms. The van der Waals surface area contributed by atoms with Crippen molar-refractivity contribution in [1.29, 1.82) is 0 Å². The van der Waals surface area contributed by atoms with Crippen LogP contribution in [0, 0.1) is 12.7 Å². The first kappa shape index (κ1) is 15.3. The van der Waals surface area contributed by atoms with Crippen molar-refractivity contribution in [3.63, 3.8) is 0 Å². The number of nitrogens with one attached hydrogen (secondary N) is 1. The van der Waals surface area contributed by atoms with E-state index < -0.39 is 21.6 Å². The predicted octanol–water partition coefficient (Wildman–Crippen LogP) is 2.38. The van der Waals surface area contributed by atoms with Crippen LogP contribution in [0.5, 0.6) is 0 Å². The van der Waals surface area contributed by atoms with E-state index in [1.807, 2.05) is 0 Å². The molecule has 0 aliphatic heterocycles. The van der Waals surface area contributed by atoms with Gasteiger partial charge < -0.3 is 4.42 Å². The Labute approximate surface area is 131 Å². The summed E-state index contributed by atoms with van der Waals surface area (Å²) >= 11 is 0. The molecule has 0 aliphatic rings. The SMILES string of the molecule is Cc1ccc(F)cc1NS(=O)(=O)c1ccc2c(c1)oc(=O)n2C. The maximum Gasteiger partial charge on any atom is 0.419 e. The van der Waals surface area contributed by atoms with Gasteiger partial charge >= 0.3 is 5.76 Å². The molecule has 1 aromatic heterocycles.